The van der Waals surface area contributed by atoms with Crippen LogP contribution in [-0.2, 0) is 9.53 Å². The second-order valence-electron chi connectivity index (χ2n) is 5.94. The van der Waals surface area contributed by atoms with E-state index in [-0.39, 0.29) is 12.6 Å². The number of benzene rings is 1. The SMILES string of the molecule is C=C/C=C\C(=C/C)C(Nc1ccccc1-c1nc(C=C)c(C=C)o1)C(=O)OCC.CC.CC.CC. The van der Waals surface area contributed by atoms with E-state index in [4.69, 9.17) is 9.15 Å². The van der Waals surface area contributed by atoms with Gasteiger partial charge in [0.15, 0.2) is 11.8 Å². The molecule has 1 aromatic heterocycles. The number of ether oxygens (including phenoxy) is 1. The average Bonchev–Trinajstić information content (AvgIpc) is 3.35. The van der Waals surface area contributed by atoms with Crippen molar-refractivity contribution in [1.82, 2.24) is 4.98 Å². The maximum absolute atomic E-state index is 12.7. The zero-order valence-electron chi connectivity index (χ0n) is 22.9. The first-order valence-corrected chi connectivity index (χ1v) is 12.3. The molecule has 0 aliphatic heterocycles. The van der Waals surface area contributed by atoms with Gasteiger partial charge in [-0.2, -0.15) is 0 Å². The molecule has 35 heavy (non-hydrogen) atoms. The van der Waals surface area contributed by atoms with Crippen molar-refractivity contribution in [1.29, 1.82) is 0 Å². The first-order chi connectivity index (χ1) is 17.1. The summed E-state index contributed by atoms with van der Waals surface area (Å²) in [6.45, 7) is 27.1. The van der Waals surface area contributed by atoms with Crippen LogP contribution in [0.2, 0.25) is 0 Å². The molecule has 1 aromatic carbocycles. The predicted octanol–water partition coefficient (Wildman–Crippen LogP) is 8.74. The summed E-state index contributed by atoms with van der Waals surface area (Å²) in [6.07, 6.45) is 10.3. The van der Waals surface area contributed by atoms with E-state index < -0.39 is 6.04 Å². The van der Waals surface area contributed by atoms with Gasteiger partial charge in [-0.25, -0.2) is 9.78 Å². The quantitative estimate of drug-likeness (QED) is 0.272. The van der Waals surface area contributed by atoms with Crippen molar-refractivity contribution in [3.05, 3.63) is 85.3 Å². The molecule has 0 spiro atoms. The fraction of sp³-hybridized carbons (Fsp3) is 0.333. The molecule has 0 saturated carbocycles. The molecule has 5 nitrogen and oxygen atoms in total. The number of anilines is 1. The average molecular weight is 481 g/mol. The minimum atomic E-state index is -0.704. The number of carbonyl (C=O) groups is 1. The lowest BCUT2D eigenvalue weighted by molar-refractivity contribution is -0.143. The molecule has 0 bridgehead atoms. The van der Waals surface area contributed by atoms with E-state index in [1.54, 1.807) is 31.2 Å². The van der Waals surface area contributed by atoms with E-state index in [0.717, 1.165) is 5.57 Å². The topological polar surface area (TPSA) is 64.4 Å². The van der Waals surface area contributed by atoms with E-state index in [0.29, 0.717) is 28.6 Å². The van der Waals surface area contributed by atoms with E-state index in [1.807, 2.05) is 84.9 Å². The molecule has 0 aliphatic rings. The lowest BCUT2D eigenvalue weighted by Gasteiger charge is -2.21. The first-order valence-electron chi connectivity index (χ1n) is 12.3. The summed E-state index contributed by atoms with van der Waals surface area (Å²) in [5, 5.41) is 3.28. The smallest absolute Gasteiger partial charge is 0.333 e. The van der Waals surface area contributed by atoms with Gasteiger partial charge in [0.1, 0.15) is 5.69 Å². The van der Waals surface area contributed by atoms with E-state index in [1.165, 1.54) is 0 Å². The Labute approximate surface area is 213 Å². The number of allylic oxidation sites excluding steroid dienone is 3. The lowest BCUT2D eigenvalue weighted by Crippen LogP contribution is -2.33. The van der Waals surface area contributed by atoms with Crippen LogP contribution < -0.4 is 5.32 Å². The summed E-state index contributed by atoms with van der Waals surface area (Å²) in [5.74, 6) is 0.564. The van der Waals surface area contributed by atoms with Gasteiger partial charge in [0, 0.05) is 5.69 Å². The first kappa shape index (κ1) is 33.6. The van der Waals surface area contributed by atoms with Gasteiger partial charge in [-0.3, -0.25) is 0 Å². The van der Waals surface area contributed by atoms with Crippen LogP contribution in [0.3, 0.4) is 0 Å². The Balaban J connectivity index is 0. The molecule has 1 atom stereocenters. The third-order valence-corrected chi connectivity index (χ3v) is 4.13. The van der Waals surface area contributed by atoms with Crippen LogP contribution in [0.5, 0.6) is 0 Å². The standard InChI is InChI=1S/C24H26N2O3.3C2H6/c1-6-11-14-17(7-2)22(24(27)28-10-5)25-20-16-13-12-15-18(20)23-26-19(8-3)21(9-4)29-23;3*1-2/h6-9,11-16,22,25H,1,3-4,10H2,2,5H3;3*1-2H3/b14-11-,17-7+;;;. The molecule has 0 amide bonds. The van der Waals surface area contributed by atoms with Crippen molar-refractivity contribution in [3.8, 4) is 11.5 Å². The van der Waals surface area contributed by atoms with E-state index in [2.05, 4.69) is 30.0 Å². The number of hydrogen-bond acceptors (Lipinski definition) is 5. The minimum absolute atomic E-state index is 0.284. The maximum atomic E-state index is 12.7. The van der Waals surface area contributed by atoms with Crippen molar-refractivity contribution < 1.29 is 13.9 Å². The van der Waals surface area contributed by atoms with Crippen LogP contribution in [0.1, 0.15) is 66.8 Å². The maximum Gasteiger partial charge on any atom is 0.333 e. The predicted molar refractivity (Wildman–Crippen MR) is 153 cm³/mol. The van der Waals surface area contributed by atoms with Crippen molar-refractivity contribution >= 4 is 23.8 Å². The highest BCUT2D eigenvalue weighted by atomic mass is 16.5. The van der Waals surface area contributed by atoms with Gasteiger partial charge in [-0.1, -0.05) is 97.7 Å². The number of para-hydroxylation sites is 1. The van der Waals surface area contributed by atoms with Crippen LogP contribution in [0.4, 0.5) is 5.69 Å². The van der Waals surface area contributed by atoms with Gasteiger partial charge in [-0.05, 0) is 43.7 Å². The molecule has 1 heterocycles. The molecular weight excluding hydrogens is 436 g/mol. The minimum Gasteiger partial charge on any atom is -0.464 e. The summed E-state index contributed by atoms with van der Waals surface area (Å²) in [5.41, 5.74) is 2.75. The van der Waals surface area contributed by atoms with E-state index >= 15 is 0 Å². The molecule has 2 aromatic rings. The van der Waals surface area contributed by atoms with Crippen LogP contribution in [0.25, 0.3) is 23.6 Å². The number of nitrogens with one attached hydrogen (secondary N) is 1. The zero-order chi connectivity index (χ0) is 27.2. The molecule has 5 heteroatoms. The summed E-state index contributed by atoms with van der Waals surface area (Å²) in [7, 11) is 0. The van der Waals surface area contributed by atoms with E-state index in [9.17, 15) is 4.79 Å². The van der Waals surface area contributed by atoms with Crippen molar-refractivity contribution in [2.24, 2.45) is 0 Å². The summed E-state index contributed by atoms with van der Waals surface area (Å²) in [6, 6.07) is 6.77. The molecule has 0 radical (unpaired) electrons. The van der Waals surface area contributed by atoms with Gasteiger partial charge < -0.3 is 14.5 Å². The number of hydrogen-bond donors (Lipinski definition) is 1. The van der Waals surface area contributed by atoms with Crippen molar-refractivity contribution in [2.75, 3.05) is 11.9 Å². The normalized spacial score (nSPS) is 10.8. The Hall–Kier alpha value is -3.60. The van der Waals surface area contributed by atoms with Crippen LogP contribution >= 0.6 is 0 Å². The Morgan fingerprint density at radius 2 is 1.71 bits per heavy atom. The number of oxazole rings is 1. The Kier molecular flexibility index (Phi) is 20.1. The van der Waals surface area contributed by atoms with Gasteiger partial charge in [-0.15, -0.1) is 0 Å². The molecule has 0 aliphatic carbocycles. The summed E-state index contributed by atoms with van der Waals surface area (Å²) >= 11 is 0. The fourth-order valence-electron chi connectivity index (χ4n) is 2.74. The van der Waals surface area contributed by atoms with Gasteiger partial charge in [0.05, 0.1) is 12.2 Å². The summed E-state index contributed by atoms with van der Waals surface area (Å²) < 4.78 is 11.1. The Morgan fingerprint density at radius 1 is 1.09 bits per heavy atom. The van der Waals surface area contributed by atoms with Crippen LogP contribution in [-0.4, -0.2) is 23.6 Å². The highest BCUT2D eigenvalue weighted by Gasteiger charge is 2.24. The van der Waals surface area contributed by atoms with Gasteiger partial charge in [0.2, 0.25) is 5.89 Å². The molecule has 1 N–H and O–H groups in total. The largest absolute Gasteiger partial charge is 0.464 e. The summed E-state index contributed by atoms with van der Waals surface area (Å²) in [4.78, 5) is 17.1. The Bertz CT molecular complexity index is 927. The highest BCUT2D eigenvalue weighted by Crippen LogP contribution is 2.31. The molecular formula is C30H44N2O3. The number of aromatic nitrogens is 1. The molecule has 1 unspecified atom stereocenters. The fourth-order valence-corrected chi connectivity index (χ4v) is 2.74. The lowest BCUT2D eigenvalue weighted by atomic mass is 10.0. The second kappa shape index (κ2) is 21.0. The molecule has 0 saturated heterocycles. The monoisotopic (exact) mass is 480 g/mol. The number of nitrogens with zero attached hydrogens (tertiary/aromatic N) is 1. The van der Waals surface area contributed by atoms with Crippen molar-refractivity contribution in [3.63, 3.8) is 0 Å². The van der Waals surface area contributed by atoms with Gasteiger partial charge >= 0.3 is 5.97 Å². The van der Waals surface area contributed by atoms with Crippen LogP contribution in [0, 0.1) is 0 Å². The Morgan fingerprint density at radius 3 is 2.20 bits per heavy atom. The number of rotatable bonds is 10. The number of esters is 1. The van der Waals surface area contributed by atoms with Crippen LogP contribution in [0.15, 0.2) is 78.3 Å². The highest BCUT2D eigenvalue weighted by molar-refractivity contribution is 5.86. The third kappa shape index (κ3) is 10.5. The zero-order valence-corrected chi connectivity index (χ0v) is 22.9. The second-order valence-corrected chi connectivity index (χ2v) is 5.94. The molecule has 192 valence electrons. The molecule has 0 fully saturated rings. The van der Waals surface area contributed by atoms with Gasteiger partial charge in [0.25, 0.3) is 0 Å². The number of carbonyl (C=O) groups excluding carboxylic acids is 1. The van der Waals surface area contributed by atoms with Crippen molar-refractivity contribution in [2.45, 2.75) is 61.4 Å². The third-order valence-electron chi connectivity index (χ3n) is 4.13. The molecule has 2 rings (SSSR count).